The first-order valence-electron chi connectivity index (χ1n) is 6.58. The molecule has 110 valence electrons. The topological polar surface area (TPSA) is 77.3 Å². The molecule has 1 aromatic carbocycles. The van der Waals surface area contributed by atoms with Crippen molar-refractivity contribution < 1.29 is 9.66 Å². The van der Waals surface area contributed by atoms with E-state index in [1.165, 1.54) is 6.07 Å². The van der Waals surface area contributed by atoms with Crippen molar-refractivity contribution in [2.75, 3.05) is 7.05 Å². The lowest BCUT2D eigenvalue weighted by Crippen LogP contribution is -2.10. The predicted molar refractivity (Wildman–Crippen MR) is 79.2 cm³/mol. The van der Waals surface area contributed by atoms with Gasteiger partial charge in [0, 0.05) is 18.3 Å². The number of benzene rings is 1. The fraction of sp³-hybridized carbons (Fsp3) is 0.267. The van der Waals surface area contributed by atoms with Gasteiger partial charge in [0.1, 0.15) is 12.4 Å². The monoisotopic (exact) mass is 287 g/mol. The third-order valence-electron chi connectivity index (χ3n) is 2.99. The van der Waals surface area contributed by atoms with Gasteiger partial charge in [-0.2, -0.15) is 0 Å². The molecular weight excluding hydrogens is 270 g/mol. The highest BCUT2D eigenvalue weighted by molar-refractivity contribution is 5.40. The number of nitro groups is 1. The van der Waals surface area contributed by atoms with Crippen LogP contribution in [-0.2, 0) is 13.2 Å². The summed E-state index contributed by atoms with van der Waals surface area (Å²) >= 11 is 0. The van der Waals surface area contributed by atoms with Crippen molar-refractivity contribution in [2.45, 2.75) is 20.1 Å². The lowest BCUT2D eigenvalue weighted by Gasteiger charge is -2.11. The van der Waals surface area contributed by atoms with Gasteiger partial charge in [0.05, 0.1) is 16.2 Å². The summed E-state index contributed by atoms with van der Waals surface area (Å²) in [5.41, 5.74) is 2.29. The Morgan fingerprint density at radius 2 is 2.05 bits per heavy atom. The van der Waals surface area contributed by atoms with Crippen molar-refractivity contribution in [3.05, 3.63) is 63.5 Å². The van der Waals surface area contributed by atoms with Crippen LogP contribution >= 0.6 is 0 Å². The van der Waals surface area contributed by atoms with E-state index in [1.54, 1.807) is 18.2 Å². The van der Waals surface area contributed by atoms with Crippen molar-refractivity contribution in [1.82, 2.24) is 10.3 Å². The van der Waals surface area contributed by atoms with E-state index in [0.717, 1.165) is 11.4 Å². The van der Waals surface area contributed by atoms with E-state index in [-0.39, 0.29) is 12.3 Å². The highest BCUT2D eigenvalue weighted by Gasteiger charge is 2.13. The minimum atomic E-state index is -0.402. The molecule has 0 bridgehead atoms. The van der Waals surface area contributed by atoms with Crippen molar-refractivity contribution in [1.29, 1.82) is 0 Å². The number of pyridine rings is 1. The normalized spacial score (nSPS) is 10.4. The van der Waals surface area contributed by atoms with Crippen LogP contribution in [0.25, 0.3) is 0 Å². The van der Waals surface area contributed by atoms with Gasteiger partial charge in [-0.15, -0.1) is 0 Å². The molecule has 0 radical (unpaired) electrons. The van der Waals surface area contributed by atoms with E-state index in [1.807, 2.05) is 26.1 Å². The van der Waals surface area contributed by atoms with Crippen LogP contribution in [0.15, 0.2) is 36.4 Å². The first-order valence-corrected chi connectivity index (χ1v) is 6.58. The largest absolute Gasteiger partial charge is 0.487 e. The molecule has 0 aliphatic heterocycles. The Morgan fingerprint density at radius 1 is 1.29 bits per heavy atom. The SMILES string of the molecule is CNCc1nc(C)ccc1OCc1ccccc1[N+](=O)[O-]. The maximum Gasteiger partial charge on any atom is 0.276 e. The van der Waals surface area contributed by atoms with Gasteiger partial charge in [0.25, 0.3) is 5.69 Å². The van der Waals surface area contributed by atoms with E-state index in [9.17, 15) is 10.1 Å². The van der Waals surface area contributed by atoms with Crippen molar-refractivity contribution in [2.24, 2.45) is 0 Å². The number of ether oxygens (including phenoxy) is 1. The van der Waals surface area contributed by atoms with Gasteiger partial charge in [-0.1, -0.05) is 12.1 Å². The molecule has 1 N–H and O–H groups in total. The van der Waals surface area contributed by atoms with E-state index in [2.05, 4.69) is 10.3 Å². The number of nitrogens with zero attached hydrogens (tertiary/aromatic N) is 2. The molecule has 0 unspecified atom stereocenters. The third kappa shape index (κ3) is 3.76. The molecule has 1 heterocycles. The minimum absolute atomic E-state index is 0.0627. The Kier molecular flexibility index (Phi) is 4.84. The Labute approximate surface area is 122 Å². The van der Waals surface area contributed by atoms with Crippen LogP contribution in [0.2, 0.25) is 0 Å². The molecule has 0 saturated carbocycles. The second-order valence-corrected chi connectivity index (χ2v) is 4.60. The average molecular weight is 287 g/mol. The summed E-state index contributed by atoms with van der Waals surface area (Å²) in [6.07, 6.45) is 0. The van der Waals surface area contributed by atoms with E-state index in [4.69, 9.17) is 4.74 Å². The number of nitro benzene ring substituents is 1. The Bertz CT molecular complexity index is 644. The summed E-state index contributed by atoms with van der Waals surface area (Å²) < 4.78 is 5.71. The summed E-state index contributed by atoms with van der Waals surface area (Å²) in [6, 6.07) is 10.3. The molecule has 6 nitrogen and oxygen atoms in total. The van der Waals surface area contributed by atoms with E-state index < -0.39 is 4.92 Å². The quantitative estimate of drug-likeness (QED) is 0.652. The number of aryl methyl sites for hydroxylation is 1. The van der Waals surface area contributed by atoms with Gasteiger partial charge < -0.3 is 10.1 Å². The Balaban J connectivity index is 2.19. The molecule has 2 rings (SSSR count). The van der Waals surface area contributed by atoms with Gasteiger partial charge >= 0.3 is 0 Å². The van der Waals surface area contributed by atoms with Crippen LogP contribution in [0.3, 0.4) is 0 Å². The molecular formula is C15H17N3O3. The lowest BCUT2D eigenvalue weighted by molar-refractivity contribution is -0.385. The number of hydrogen-bond donors (Lipinski definition) is 1. The van der Waals surface area contributed by atoms with Crippen LogP contribution < -0.4 is 10.1 Å². The zero-order valence-electron chi connectivity index (χ0n) is 12.0. The zero-order valence-corrected chi connectivity index (χ0v) is 12.0. The summed E-state index contributed by atoms with van der Waals surface area (Å²) in [7, 11) is 1.83. The molecule has 0 spiro atoms. The highest BCUT2D eigenvalue weighted by atomic mass is 16.6. The van der Waals surface area contributed by atoms with E-state index in [0.29, 0.717) is 17.9 Å². The maximum atomic E-state index is 11.0. The second-order valence-electron chi connectivity index (χ2n) is 4.60. The first-order chi connectivity index (χ1) is 10.1. The zero-order chi connectivity index (χ0) is 15.2. The highest BCUT2D eigenvalue weighted by Crippen LogP contribution is 2.22. The number of hydrogen-bond acceptors (Lipinski definition) is 5. The summed E-state index contributed by atoms with van der Waals surface area (Å²) in [5, 5.41) is 14.0. The number of aromatic nitrogens is 1. The van der Waals surface area contributed by atoms with Crippen LogP contribution in [0.1, 0.15) is 17.0 Å². The first kappa shape index (κ1) is 14.9. The van der Waals surface area contributed by atoms with Crippen LogP contribution in [0.5, 0.6) is 5.75 Å². The van der Waals surface area contributed by atoms with Crippen molar-refractivity contribution in [3.8, 4) is 5.75 Å². The molecule has 6 heteroatoms. The maximum absolute atomic E-state index is 11.0. The van der Waals surface area contributed by atoms with Gasteiger partial charge in [-0.3, -0.25) is 15.1 Å². The summed E-state index contributed by atoms with van der Waals surface area (Å²) in [4.78, 5) is 15.0. The smallest absolute Gasteiger partial charge is 0.276 e. The fourth-order valence-electron chi connectivity index (χ4n) is 1.99. The Morgan fingerprint density at radius 3 is 2.76 bits per heavy atom. The molecule has 2 aromatic rings. The minimum Gasteiger partial charge on any atom is -0.487 e. The molecule has 0 fully saturated rings. The summed E-state index contributed by atoms with van der Waals surface area (Å²) in [6.45, 7) is 2.62. The molecule has 0 aliphatic carbocycles. The average Bonchev–Trinajstić information content (AvgIpc) is 2.47. The number of nitrogens with one attached hydrogen (secondary N) is 1. The fourth-order valence-corrected chi connectivity index (χ4v) is 1.99. The van der Waals surface area contributed by atoms with Crippen LogP contribution in [-0.4, -0.2) is 17.0 Å². The number of para-hydroxylation sites is 1. The Hall–Kier alpha value is -2.47. The van der Waals surface area contributed by atoms with Crippen LogP contribution in [0, 0.1) is 17.0 Å². The van der Waals surface area contributed by atoms with Crippen molar-refractivity contribution >= 4 is 5.69 Å². The lowest BCUT2D eigenvalue weighted by atomic mass is 10.2. The second kappa shape index (κ2) is 6.81. The molecule has 1 aromatic heterocycles. The van der Waals surface area contributed by atoms with Crippen molar-refractivity contribution in [3.63, 3.8) is 0 Å². The molecule has 0 atom stereocenters. The molecule has 0 saturated heterocycles. The summed E-state index contributed by atoms with van der Waals surface area (Å²) in [5.74, 6) is 0.633. The van der Waals surface area contributed by atoms with Gasteiger partial charge in [-0.25, -0.2) is 0 Å². The third-order valence-corrected chi connectivity index (χ3v) is 2.99. The van der Waals surface area contributed by atoms with E-state index >= 15 is 0 Å². The predicted octanol–water partition coefficient (Wildman–Crippen LogP) is 2.60. The number of rotatable bonds is 6. The molecule has 21 heavy (non-hydrogen) atoms. The standard InChI is InChI=1S/C15H17N3O3/c1-11-7-8-15(13(17-11)9-16-2)21-10-12-5-3-4-6-14(12)18(19)20/h3-8,16H,9-10H2,1-2H3. The van der Waals surface area contributed by atoms with Crippen LogP contribution in [0.4, 0.5) is 5.69 Å². The molecule has 0 aliphatic rings. The van der Waals surface area contributed by atoms with Gasteiger partial charge in [0.15, 0.2) is 0 Å². The van der Waals surface area contributed by atoms with Gasteiger partial charge in [-0.05, 0) is 32.2 Å². The van der Waals surface area contributed by atoms with Gasteiger partial charge in [0.2, 0.25) is 0 Å². The molecule has 0 amide bonds.